The predicted octanol–water partition coefficient (Wildman–Crippen LogP) is 2.97. The van der Waals surface area contributed by atoms with Crippen molar-refractivity contribution in [2.24, 2.45) is 10.7 Å². The standard InChI is InChI=1S/C15H14ClF3N4O2S/c1-9-2-4-10(5-3-9)26(24,25)23-7-6-11-12(20)21-14(16)22(13(11)23)8-15(17,18)19/h2-7,12H,8,20H2,1H3. The van der Waals surface area contributed by atoms with Gasteiger partial charge in [-0.05, 0) is 36.7 Å². The van der Waals surface area contributed by atoms with Crippen LogP contribution in [0.25, 0.3) is 0 Å². The number of halogens is 4. The lowest BCUT2D eigenvalue weighted by molar-refractivity contribution is -0.118. The summed E-state index contributed by atoms with van der Waals surface area (Å²) in [6, 6.07) is 7.27. The molecule has 2 aromatic rings. The lowest BCUT2D eigenvalue weighted by Gasteiger charge is -2.30. The molecule has 0 amide bonds. The maximum absolute atomic E-state index is 13.0. The predicted molar refractivity (Wildman–Crippen MR) is 91.8 cm³/mol. The number of nitrogens with zero attached hydrogens (tertiary/aromatic N) is 3. The molecular formula is C15H14ClF3N4O2S. The Morgan fingerprint density at radius 1 is 1.23 bits per heavy atom. The van der Waals surface area contributed by atoms with E-state index >= 15 is 0 Å². The van der Waals surface area contributed by atoms with Crippen molar-refractivity contribution in [1.29, 1.82) is 0 Å². The number of benzene rings is 1. The van der Waals surface area contributed by atoms with Gasteiger partial charge in [0.2, 0.25) is 5.29 Å². The highest BCUT2D eigenvalue weighted by Gasteiger charge is 2.39. The van der Waals surface area contributed by atoms with Crippen LogP contribution in [0.2, 0.25) is 0 Å². The van der Waals surface area contributed by atoms with Gasteiger partial charge in [0.05, 0.1) is 4.90 Å². The first-order valence-electron chi connectivity index (χ1n) is 7.37. The molecule has 0 bridgehead atoms. The second-order valence-corrected chi connectivity index (χ2v) is 7.91. The zero-order valence-corrected chi connectivity index (χ0v) is 15.0. The van der Waals surface area contributed by atoms with Gasteiger partial charge in [0.15, 0.2) is 0 Å². The summed E-state index contributed by atoms with van der Waals surface area (Å²) in [4.78, 5) is 4.27. The van der Waals surface area contributed by atoms with E-state index in [4.69, 9.17) is 17.3 Å². The normalized spacial score (nSPS) is 17.8. The van der Waals surface area contributed by atoms with Crippen LogP contribution in [0.1, 0.15) is 17.3 Å². The summed E-state index contributed by atoms with van der Waals surface area (Å²) in [5, 5.41) is -0.526. The first-order chi connectivity index (χ1) is 12.0. The lowest BCUT2D eigenvalue weighted by Crippen LogP contribution is -2.42. The van der Waals surface area contributed by atoms with Crippen LogP contribution in [0.5, 0.6) is 0 Å². The minimum absolute atomic E-state index is 0.0688. The third kappa shape index (κ3) is 3.31. The number of alkyl halides is 3. The Hall–Kier alpha value is -2.04. The van der Waals surface area contributed by atoms with E-state index < -0.39 is 34.2 Å². The Bertz CT molecular complexity index is 968. The average molecular weight is 407 g/mol. The van der Waals surface area contributed by atoms with E-state index in [0.29, 0.717) is 4.90 Å². The molecule has 0 aliphatic carbocycles. The Balaban J connectivity index is 2.17. The highest BCUT2D eigenvalue weighted by Crippen LogP contribution is 2.37. The summed E-state index contributed by atoms with van der Waals surface area (Å²) in [6.07, 6.45) is -4.54. The fraction of sp³-hybridized carbons (Fsp3) is 0.267. The van der Waals surface area contributed by atoms with Crippen LogP contribution in [-0.4, -0.2) is 30.4 Å². The molecule has 1 aromatic heterocycles. The third-order valence-electron chi connectivity index (χ3n) is 3.81. The Labute approximate surface area is 152 Å². The minimum atomic E-state index is -4.63. The molecule has 140 valence electrons. The van der Waals surface area contributed by atoms with Crippen LogP contribution in [0.3, 0.4) is 0 Å². The number of aryl methyl sites for hydroxylation is 1. The molecular weight excluding hydrogens is 393 g/mol. The van der Waals surface area contributed by atoms with E-state index in [1.54, 1.807) is 19.1 Å². The summed E-state index contributed by atoms with van der Waals surface area (Å²) in [7, 11) is -4.15. The quantitative estimate of drug-likeness (QED) is 0.795. The molecule has 0 fully saturated rings. The maximum Gasteiger partial charge on any atom is 0.406 e. The van der Waals surface area contributed by atoms with E-state index in [2.05, 4.69) is 4.99 Å². The largest absolute Gasteiger partial charge is 0.406 e. The molecule has 2 N–H and O–H groups in total. The van der Waals surface area contributed by atoms with Gasteiger partial charge < -0.3 is 5.73 Å². The molecule has 1 aromatic carbocycles. The molecule has 6 nitrogen and oxygen atoms in total. The Kier molecular flexibility index (Phi) is 4.53. The number of anilines is 1. The topological polar surface area (TPSA) is 80.7 Å². The summed E-state index contributed by atoms with van der Waals surface area (Å²) in [5.41, 5.74) is 6.77. The van der Waals surface area contributed by atoms with Gasteiger partial charge in [0, 0.05) is 11.8 Å². The van der Waals surface area contributed by atoms with Gasteiger partial charge in [-0.15, -0.1) is 0 Å². The van der Waals surface area contributed by atoms with Crippen LogP contribution >= 0.6 is 11.6 Å². The number of aromatic nitrogens is 1. The number of fused-ring (bicyclic) bond motifs is 1. The van der Waals surface area contributed by atoms with Crippen molar-refractivity contribution in [3.63, 3.8) is 0 Å². The van der Waals surface area contributed by atoms with Crippen LogP contribution in [0, 0.1) is 6.92 Å². The summed E-state index contributed by atoms with van der Waals surface area (Å²) in [6.45, 7) is 0.288. The first kappa shape index (κ1) is 18.7. The number of amidine groups is 1. The smallest absolute Gasteiger partial charge is 0.306 e. The summed E-state index contributed by atoms with van der Waals surface area (Å²) >= 11 is 5.84. The van der Waals surface area contributed by atoms with Crippen molar-refractivity contribution >= 4 is 32.7 Å². The van der Waals surface area contributed by atoms with Crippen molar-refractivity contribution in [2.75, 3.05) is 11.4 Å². The van der Waals surface area contributed by atoms with Gasteiger partial charge in [0.1, 0.15) is 18.5 Å². The SMILES string of the molecule is Cc1ccc(S(=O)(=O)n2ccc3c2N(CC(F)(F)F)C(Cl)=NC3N)cc1. The van der Waals surface area contributed by atoms with Crippen LogP contribution in [0.15, 0.2) is 46.4 Å². The van der Waals surface area contributed by atoms with Crippen LogP contribution < -0.4 is 10.6 Å². The van der Waals surface area contributed by atoms with E-state index in [9.17, 15) is 21.6 Å². The van der Waals surface area contributed by atoms with Gasteiger partial charge >= 0.3 is 6.18 Å². The van der Waals surface area contributed by atoms with E-state index in [0.717, 1.165) is 15.7 Å². The van der Waals surface area contributed by atoms with Gasteiger partial charge in [-0.1, -0.05) is 17.7 Å². The number of rotatable bonds is 3. The average Bonchev–Trinajstić information content (AvgIpc) is 2.97. The first-order valence-corrected chi connectivity index (χ1v) is 9.19. The van der Waals surface area contributed by atoms with Gasteiger partial charge in [-0.2, -0.15) is 13.2 Å². The molecule has 2 heterocycles. The van der Waals surface area contributed by atoms with Crippen molar-refractivity contribution in [1.82, 2.24) is 3.97 Å². The zero-order chi connectivity index (χ0) is 19.3. The lowest BCUT2D eigenvalue weighted by atomic mass is 10.2. The molecule has 0 radical (unpaired) electrons. The summed E-state index contributed by atoms with van der Waals surface area (Å²) in [5.74, 6) is -0.268. The van der Waals surface area contributed by atoms with Crippen molar-refractivity contribution in [3.05, 3.63) is 47.7 Å². The molecule has 0 saturated carbocycles. The monoisotopic (exact) mass is 406 g/mol. The van der Waals surface area contributed by atoms with E-state index in [1.165, 1.54) is 18.2 Å². The highest BCUT2D eigenvalue weighted by atomic mass is 35.5. The highest BCUT2D eigenvalue weighted by molar-refractivity contribution is 7.90. The minimum Gasteiger partial charge on any atom is -0.306 e. The van der Waals surface area contributed by atoms with Crippen molar-refractivity contribution in [3.8, 4) is 0 Å². The second kappa shape index (κ2) is 6.29. The van der Waals surface area contributed by atoms with Crippen LogP contribution in [0.4, 0.5) is 19.0 Å². The maximum atomic E-state index is 13.0. The Morgan fingerprint density at radius 2 is 1.85 bits per heavy atom. The van der Waals surface area contributed by atoms with Crippen molar-refractivity contribution < 1.29 is 21.6 Å². The van der Waals surface area contributed by atoms with Gasteiger partial charge in [-0.3, -0.25) is 4.90 Å². The number of aliphatic imine (C=N–C) groups is 1. The molecule has 11 heteroatoms. The molecule has 1 atom stereocenters. The molecule has 26 heavy (non-hydrogen) atoms. The number of nitrogens with two attached hydrogens (primary N) is 1. The summed E-state index contributed by atoms with van der Waals surface area (Å²) < 4.78 is 65.5. The van der Waals surface area contributed by atoms with E-state index in [-0.39, 0.29) is 16.3 Å². The second-order valence-electron chi connectivity index (χ2n) is 5.75. The molecule has 1 unspecified atom stereocenters. The van der Waals surface area contributed by atoms with Gasteiger partial charge in [0.25, 0.3) is 10.0 Å². The fourth-order valence-corrected chi connectivity index (χ4v) is 4.21. The molecule has 1 aliphatic rings. The molecule has 0 saturated heterocycles. The van der Waals surface area contributed by atoms with E-state index in [1.807, 2.05) is 0 Å². The van der Waals surface area contributed by atoms with Gasteiger partial charge in [-0.25, -0.2) is 17.4 Å². The Morgan fingerprint density at radius 3 is 2.42 bits per heavy atom. The number of hydrogen-bond donors (Lipinski definition) is 1. The van der Waals surface area contributed by atoms with Crippen LogP contribution in [-0.2, 0) is 10.0 Å². The molecule has 3 rings (SSSR count). The third-order valence-corrected chi connectivity index (χ3v) is 5.80. The molecule has 0 spiro atoms. The zero-order valence-electron chi connectivity index (χ0n) is 13.4. The fourth-order valence-electron chi connectivity index (χ4n) is 2.60. The molecule has 1 aliphatic heterocycles. The van der Waals surface area contributed by atoms with Crippen molar-refractivity contribution in [2.45, 2.75) is 24.2 Å². The number of hydrogen-bond acceptors (Lipinski definition) is 5.